The lowest BCUT2D eigenvalue weighted by Crippen LogP contribution is -2.23. The fourth-order valence-corrected chi connectivity index (χ4v) is 3.38. The molecule has 1 fully saturated rings. The molecule has 5 nitrogen and oxygen atoms in total. The van der Waals surface area contributed by atoms with E-state index in [2.05, 4.69) is 15.5 Å². The Morgan fingerprint density at radius 3 is 2.96 bits per heavy atom. The molecule has 1 aromatic carbocycles. The van der Waals surface area contributed by atoms with Crippen molar-refractivity contribution in [2.24, 2.45) is 5.92 Å². The highest BCUT2D eigenvalue weighted by Crippen LogP contribution is 2.31. The van der Waals surface area contributed by atoms with Crippen LogP contribution in [0.5, 0.6) is 0 Å². The number of amides is 1. The Labute approximate surface area is 151 Å². The van der Waals surface area contributed by atoms with E-state index in [4.69, 9.17) is 16.1 Å². The Bertz CT molecular complexity index is 936. The summed E-state index contributed by atoms with van der Waals surface area (Å²) in [7, 11) is 0. The maximum Gasteiger partial charge on any atom is 0.258 e. The third-order valence-electron chi connectivity index (χ3n) is 3.86. The third kappa shape index (κ3) is 3.57. The maximum atomic E-state index is 13.2. The number of thiophene rings is 1. The van der Waals surface area contributed by atoms with Gasteiger partial charge in [0.2, 0.25) is 11.7 Å². The zero-order valence-electron chi connectivity index (χ0n) is 13.0. The van der Waals surface area contributed by atoms with Gasteiger partial charge in [-0.1, -0.05) is 16.8 Å². The lowest BCUT2D eigenvalue weighted by Gasteiger charge is -2.00. The monoisotopic (exact) mass is 377 g/mol. The molecule has 1 saturated carbocycles. The van der Waals surface area contributed by atoms with E-state index in [0.717, 1.165) is 22.6 Å². The lowest BCUT2D eigenvalue weighted by atomic mass is 10.2. The topological polar surface area (TPSA) is 68.0 Å². The molecule has 0 bridgehead atoms. The first-order valence-electron chi connectivity index (χ1n) is 7.76. The summed E-state index contributed by atoms with van der Waals surface area (Å²) in [6.07, 6.45) is 1.97. The number of rotatable bonds is 5. The number of carbonyl (C=O) groups excluding carboxylic acids is 1. The maximum absolute atomic E-state index is 13.2. The van der Waals surface area contributed by atoms with E-state index >= 15 is 0 Å². The first kappa shape index (κ1) is 16.2. The van der Waals surface area contributed by atoms with Crippen molar-refractivity contribution < 1.29 is 13.7 Å². The van der Waals surface area contributed by atoms with E-state index in [1.807, 2.05) is 12.1 Å². The molecule has 3 aromatic rings. The second-order valence-electron chi connectivity index (χ2n) is 5.81. The van der Waals surface area contributed by atoms with Crippen molar-refractivity contribution in [1.29, 1.82) is 0 Å². The minimum Gasteiger partial charge on any atom is -0.351 e. The normalized spacial score (nSPS) is 13.8. The number of hydrogen-bond acceptors (Lipinski definition) is 5. The molecular formula is C17H13ClFN3O2S. The number of halogens is 2. The quantitative estimate of drug-likeness (QED) is 0.720. The van der Waals surface area contributed by atoms with Gasteiger partial charge in [-0.15, -0.1) is 11.3 Å². The average molecular weight is 378 g/mol. The lowest BCUT2D eigenvalue weighted by molar-refractivity contribution is -0.122. The van der Waals surface area contributed by atoms with Gasteiger partial charge in [0, 0.05) is 16.4 Å². The van der Waals surface area contributed by atoms with Gasteiger partial charge in [-0.3, -0.25) is 4.79 Å². The second-order valence-corrected chi connectivity index (χ2v) is 7.39. The van der Waals surface area contributed by atoms with Crippen LogP contribution >= 0.6 is 22.9 Å². The molecule has 1 aliphatic carbocycles. The van der Waals surface area contributed by atoms with Gasteiger partial charge in [0.25, 0.3) is 5.89 Å². The number of nitrogens with zero attached hydrogens (tertiary/aromatic N) is 2. The Morgan fingerprint density at radius 2 is 2.20 bits per heavy atom. The van der Waals surface area contributed by atoms with Gasteiger partial charge in [-0.05, 0) is 43.2 Å². The van der Waals surface area contributed by atoms with Crippen molar-refractivity contribution in [3.05, 3.63) is 46.0 Å². The molecule has 2 aromatic heterocycles. The molecule has 0 atom stereocenters. The van der Waals surface area contributed by atoms with Crippen molar-refractivity contribution in [2.75, 3.05) is 0 Å². The summed E-state index contributed by atoms with van der Waals surface area (Å²) < 4.78 is 18.5. The van der Waals surface area contributed by atoms with Crippen LogP contribution in [0.1, 0.15) is 17.7 Å². The number of nitrogens with one attached hydrogen (secondary N) is 1. The first-order chi connectivity index (χ1) is 12.1. The zero-order valence-corrected chi connectivity index (χ0v) is 14.5. The van der Waals surface area contributed by atoms with Crippen molar-refractivity contribution in [2.45, 2.75) is 19.4 Å². The Balaban J connectivity index is 1.48. The van der Waals surface area contributed by atoms with Gasteiger partial charge >= 0.3 is 0 Å². The Hall–Kier alpha value is -2.25. The summed E-state index contributed by atoms with van der Waals surface area (Å²) in [5, 5.41) is 6.89. The molecule has 0 unspecified atom stereocenters. The smallest absolute Gasteiger partial charge is 0.258 e. The van der Waals surface area contributed by atoms with Gasteiger partial charge in [0.05, 0.1) is 16.4 Å². The molecule has 0 spiro atoms. The summed E-state index contributed by atoms with van der Waals surface area (Å²) in [5.74, 6) is 0.530. The number of carbonyl (C=O) groups is 1. The van der Waals surface area contributed by atoms with Crippen LogP contribution in [0, 0.1) is 11.7 Å². The Morgan fingerprint density at radius 1 is 1.36 bits per heavy atom. The molecule has 0 saturated heterocycles. The highest BCUT2D eigenvalue weighted by molar-refractivity contribution is 7.15. The second kappa shape index (κ2) is 6.57. The average Bonchev–Trinajstić information content (AvgIpc) is 3.16. The van der Waals surface area contributed by atoms with E-state index in [0.29, 0.717) is 17.9 Å². The van der Waals surface area contributed by atoms with E-state index < -0.39 is 5.82 Å². The van der Waals surface area contributed by atoms with E-state index in [9.17, 15) is 9.18 Å². The third-order valence-corrected chi connectivity index (χ3v) is 5.23. The summed E-state index contributed by atoms with van der Waals surface area (Å²) in [5.41, 5.74) is 0.554. The van der Waals surface area contributed by atoms with Crippen LogP contribution in [-0.4, -0.2) is 16.0 Å². The van der Waals surface area contributed by atoms with E-state index in [-0.39, 0.29) is 22.7 Å². The van der Waals surface area contributed by atoms with Gasteiger partial charge in [-0.2, -0.15) is 4.98 Å². The van der Waals surface area contributed by atoms with Gasteiger partial charge in [0.1, 0.15) is 5.82 Å². The van der Waals surface area contributed by atoms with Crippen molar-refractivity contribution in [3.8, 4) is 22.2 Å². The largest absolute Gasteiger partial charge is 0.351 e. The van der Waals surface area contributed by atoms with Crippen LogP contribution in [-0.2, 0) is 11.3 Å². The molecule has 2 heterocycles. The minimum absolute atomic E-state index is 0.00191. The molecular weight excluding hydrogens is 365 g/mol. The van der Waals surface area contributed by atoms with E-state index in [1.165, 1.54) is 29.5 Å². The standard InChI is InChI=1S/C17H13ClFN3O2S/c18-12-7-10(3-5-13(12)19)17-21-15(22-24-17)14-6-4-11(25-14)8-20-16(23)9-1-2-9/h3-7,9H,1-2,8H2,(H,20,23). The SMILES string of the molecule is O=C(NCc1ccc(-c2noc(-c3ccc(F)c(Cl)c3)n2)s1)C1CC1. The molecule has 1 N–H and O–H groups in total. The van der Waals surface area contributed by atoms with E-state index in [1.54, 1.807) is 0 Å². The molecule has 8 heteroatoms. The molecule has 4 rings (SSSR count). The van der Waals surface area contributed by atoms with Crippen molar-refractivity contribution >= 4 is 28.8 Å². The fourth-order valence-electron chi connectivity index (χ4n) is 2.33. The molecule has 1 aliphatic rings. The summed E-state index contributed by atoms with van der Waals surface area (Å²) in [4.78, 5) is 17.9. The minimum atomic E-state index is -0.499. The first-order valence-corrected chi connectivity index (χ1v) is 8.95. The van der Waals surface area contributed by atoms with Crippen LogP contribution in [0.2, 0.25) is 5.02 Å². The van der Waals surface area contributed by atoms with Gasteiger partial charge in [-0.25, -0.2) is 4.39 Å². The summed E-state index contributed by atoms with van der Waals surface area (Å²) in [6, 6.07) is 8.05. The molecule has 0 radical (unpaired) electrons. The molecule has 1 amide bonds. The predicted octanol–water partition coefficient (Wildman–Crippen LogP) is 4.28. The predicted molar refractivity (Wildman–Crippen MR) is 92.6 cm³/mol. The van der Waals surface area contributed by atoms with Gasteiger partial charge in [0.15, 0.2) is 0 Å². The fraction of sp³-hybridized carbons (Fsp3) is 0.235. The molecule has 0 aliphatic heterocycles. The summed E-state index contributed by atoms with van der Waals surface area (Å²) in [6.45, 7) is 0.498. The van der Waals surface area contributed by atoms with Crippen LogP contribution < -0.4 is 5.32 Å². The number of hydrogen-bond donors (Lipinski definition) is 1. The van der Waals surface area contributed by atoms with Crippen LogP contribution in [0.25, 0.3) is 22.2 Å². The molecule has 128 valence electrons. The van der Waals surface area contributed by atoms with Crippen LogP contribution in [0.3, 0.4) is 0 Å². The Kier molecular flexibility index (Phi) is 4.27. The van der Waals surface area contributed by atoms with Gasteiger partial charge < -0.3 is 9.84 Å². The summed E-state index contributed by atoms with van der Waals surface area (Å²) >= 11 is 7.27. The van der Waals surface area contributed by atoms with Crippen molar-refractivity contribution in [3.63, 3.8) is 0 Å². The number of benzene rings is 1. The zero-order chi connectivity index (χ0) is 17.4. The van der Waals surface area contributed by atoms with Crippen LogP contribution in [0.4, 0.5) is 4.39 Å². The van der Waals surface area contributed by atoms with Crippen molar-refractivity contribution in [1.82, 2.24) is 15.5 Å². The molecule has 25 heavy (non-hydrogen) atoms. The highest BCUT2D eigenvalue weighted by Gasteiger charge is 2.29. The number of aromatic nitrogens is 2. The van der Waals surface area contributed by atoms with Crippen LogP contribution in [0.15, 0.2) is 34.9 Å². The highest BCUT2D eigenvalue weighted by atomic mass is 35.5.